The van der Waals surface area contributed by atoms with Gasteiger partial charge in [0.25, 0.3) is 0 Å². The molecule has 0 heterocycles. The topological polar surface area (TPSA) is 20.2 Å². The van der Waals surface area contributed by atoms with Crippen molar-refractivity contribution < 1.29 is 5.11 Å². The number of halogens is 1. The molecule has 0 bridgehead atoms. The Morgan fingerprint density at radius 2 is 1.38 bits per heavy atom. The van der Waals surface area contributed by atoms with E-state index in [0.717, 1.165) is 14.5 Å². The minimum absolute atomic E-state index is 0.148. The van der Waals surface area contributed by atoms with Crippen LogP contribution in [0.3, 0.4) is 0 Å². The number of rotatable bonds is 6. The van der Waals surface area contributed by atoms with E-state index >= 15 is 0 Å². The first-order valence-corrected chi connectivity index (χ1v) is 11.2. The molecule has 0 spiro atoms. The zero-order valence-electron chi connectivity index (χ0n) is 13.2. The summed E-state index contributed by atoms with van der Waals surface area (Å²) in [5.74, 6) is 0. The van der Waals surface area contributed by atoms with Crippen LogP contribution in [0.5, 0.6) is 0 Å². The average molecular weight is 493 g/mol. The van der Waals surface area contributed by atoms with Gasteiger partial charge >= 0.3 is 164 Å². The molecule has 24 heavy (non-hydrogen) atoms. The molecule has 0 saturated heterocycles. The van der Waals surface area contributed by atoms with Crippen molar-refractivity contribution in [1.29, 1.82) is 0 Å². The van der Waals surface area contributed by atoms with Gasteiger partial charge in [0.15, 0.2) is 0 Å². The van der Waals surface area contributed by atoms with E-state index in [1.807, 2.05) is 30.3 Å². The molecule has 0 fully saturated rings. The Morgan fingerprint density at radius 1 is 0.792 bits per heavy atom. The Hall–Kier alpha value is -1.13. The molecule has 0 aromatic heterocycles. The van der Waals surface area contributed by atoms with Gasteiger partial charge in [-0.15, -0.1) is 0 Å². The number of hydrogen-bond donors (Lipinski definition) is 1. The van der Waals surface area contributed by atoms with E-state index in [2.05, 4.69) is 77.2 Å². The fourth-order valence-corrected chi connectivity index (χ4v) is 5.96. The fraction of sp³-hybridized carbons (Fsp3) is 0.143. The third-order valence-electron chi connectivity index (χ3n) is 3.91. The summed E-state index contributed by atoms with van der Waals surface area (Å²) in [4.78, 5) is 0.148. The molecule has 0 saturated carbocycles. The van der Waals surface area contributed by atoms with Gasteiger partial charge in [0.05, 0.1) is 0 Å². The molecule has 2 unspecified atom stereocenters. The van der Waals surface area contributed by atoms with Gasteiger partial charge in [0.2, 0.25) is 0 Å². The first-order valence-electron chi connectivity index (χ1n) is 7.88. The molecule has 0 radical (unpaired) electrons. The van der Waals surface area contributed by atoms with Crippen LogP contribution in [-0.4, -0.2) is 20.1 Å². The Morgan fingerprint density at radius 3 is 2.04 bits per heavy atom. The van der Waals surface area contributed by atoms with E-state index in [1.165, 1.54) is 11.1 Å². The zero-order valence-corrected chi connectivity index (χ0v) is 17.0. The molecule has 1 N–H and O–H groups in total. The quantitative estimate of drug-likeness (QED) is 0.380. The molecule has 3 aromatic rings. The zero-order chi connectivity index (χ0) is 16.8. The van der Waals surface area contributed by atoms with Crippen molar-refractivity contribution in [2.24, 2.45) is 0 Å². The molecule has 0 aliphatic rings. The van der Waals surface area contributed by atoms with Gasteiger partial charge in [-0.1, -0.05) is 0 Å². The van der Waals surface area contributed by atoms with Crippen molar-refractivity contribution in [3.05, 3.63) is 105 Å². The van der Waals surface area contributed by atoms with Crippen LogP contribution in [0.4, 0.5) is 0 Å². The number of aliphatic hydroxyl groups excluding tert-OH is 1. The Bertz CT molecular complexity index is 761. The van der Waals surface area contributed by atoms with Gasteiger partial charge < -0.3 is 0 Å². The molecular weight excluding hydrogens is 474 g/mol. The molecule has 122 valence electrons. The van der Waals surface area contributed by atoms with E-state index in [-0.39, 0.29) is 19.8 Å². The van der Waals surface area contributed by atoms with Gasteiger partial charge in [-0.3, -0.25) is 0 Å². The van der Waals surface area contributed by atoms with Crippen molar-refractivity contribution in [2.75, 3.05) is 0 Å². The molecule has 3 rings (SSSR count). The standard InChI is InChI=1S/C21H19IOSe/c22-19-14-8-7-13-18(19)20(23)21(17-11-5-2-6-12-17)24-15-16-9-3-1-4-10-16/h1-14,20-21,23H,15H2. The van der Waals surface area contributed by atoms with Crippen molar-refractivity contribution in [1.82, 2.24) is 0 Å². The summed E-state index contributed by atoms with van der Waals surface area (Å²) in [6.45, 7) is 0. The van der Waals surface area contributed by atoms with Gasteiger partial charge in [0.1, 0.15) is 0 Å². The molecule has 3 aromatic carbocycles. The second-order valence-electron chi connectivity index (χ2n) is 5.59. The monoisotopic (exact) mass is 494 g/mol. The normalized spacial score (nSPS) is 13.4. The first-order chi connectivity index (χ1) is 11.8. The molecule has 0 aliphatic carbocycles. The van der Waals surface area contributed by atoms with Crippen LogP contribution >= 0.6 is 22.6 Å². The molecule has 3 heteroatoms. The summed E-state index contributed by atoms with van der Waals surface area (Å²) in [5, 5.41) is 12.1. The summed E-state index contributed by atoms with van der Waals surface area (Å²) in [6.07, 6.45) is -0.468. The molecule has 0 aliphatic heterocycles. The van der Waals surface area contributed by atoms with Crippen LogP contribution < -0.4 is 0 Å². The van der Waals surface area contributed by atoms with Crippen LogP contribution in [0.2, 0.25) is 0 Å². The van der Waals surface area contributed by atoms with Crippen LogP contribution in [0.25, 0.3) is 0 Å². The number of hydrogen-bond acceptors (Lipinski definition) is 1. The van der Waals surface area contributed by atoms with E-state index in [9.17, 15) is 5.11 Å². The van der Waals surface area contributed by atoms with Crippen LogP contribution in [0.1, 0.15) is 27.6 Å². The predicted molar refractivity (Wildman–Crippen MR) is 109 cm³/mol. The third-order valence-corrected chi connectivity index (χ3v) is 7.81. The maximum atomic E-state index is 11.1. The first kappa shape index (κ1) is 17.7. The summed E-state index contributed by atoms with van der Waals surface area (Å²) >= 11 is 2.58. The maximum absolute atomic E-state index is 11.1. The number of benzene rings is 3. The third kappa shape index (κ3) is 4.48. The van der Waals surface area contributed by atoms with Crippen molar-refractivity contribution in [2.45, 2.75) is 16.2 Å². The Kier molecular flexibility index (Phi) is 6.50. The van der Waals surface area contributed by atoms with Crippen molar-refractivity contribution in [3.8, 4) is 0 Å². The average Bonchev–Trinajstić information content (AvgIpc) is 2.64. The Labute approximate surface area is 163 Å². The van der Waals surface area contributed by atoms with Gasteiger partial charge in [-0.05, 0) is 0 Å². The van der Waals surface area contributed by atoms with E-state index in [1.54, 1.807) is 0 Å². The van der Waals surface area contributed by atoms with Gasteiger partial charge in [0, 0.05) is 0 Å². The van der Waals surface area contributed by atoms with Crippen LogP contribution in [0.15, 0.2) is 84.9 Å². The van der Waals surface area contributed by atoms with E-state index < -0.39 is 6.10 Å². The minimum atomic E-state index is -0.468. The Balaban J connectivity index is 1.86. The second kappa shape index (κ2) is 8.82. The SMILES string of the molecule is OC(c1ccccc1I)C([Se]Cc1ccccc1)c1ccccc1. The molecule has 2 atom stereocenters. The van der Waals surface area contributed by atoms with Crippen LogP contribution in [-0.2, 0) is 5.32 Å². The molecular formula is C21H19IOSe. The van der Waals surface area contributed by atoms with Gasteiger partial charge in [-0.2, -0.15) is 0 Å². The van der Waals surface area contributed by atoms with E-state index in [4.69, 9.17) is 0 Å². The molecule has 1 nitrogen and oxygen atoms in total. The summed E-state index contributed by atoms with van der Waals surface area (Å²) in [7, 11) is 0. The molecule has 0 amide bonds. The van der Waals surface area contributed by atoms with Crippen LogP contribution in [0, 0.1) is 3.57 Å². The van der Waals surface area contributed by atoms with E-state index in [0.29, 0.717) is 0 Å². The number of aliphatic hydroxyl groups is 1. The summed E-state index contributed by atoms with van der Waals surface area (Å²) in [6, 6.07) is 29.1. The fourth-order valence-electron chi connectivity index (χ4n) is 2.65. The van der Waals surface area contributed by atoms with Crippen molar-refractivity contribution in [3.63, 3.8) is 0 Å². The second-order valence-corrected chi connectivity index (χ2v) is 9.13. The van der Waals surface area contributed by atoms with Gasteiger partial charge in [-0.25, -0.2) is 0 Å². The summed E-state index contributed by atoms with van der Waals surface area (Å²) in [5.41, 5.74) is 3.59. The van der Waals surface area contributed by atoms with Crippen molar-refractivity contribution >= 4 is 37.5 Å². The summed E-state index contributed by atoms with van der Waals surface area (Å²) < 4.78 is 1.12. The predicted octanol–water partition coefficient (Wildman–Crippen LogP) is 4.97.